The number of hydrogen-bond donors (Lipinski definition) is 0. The highest BCUT2D eigenvalue weighted by atomic mass is 32.1. The lowest BCUT2D eigenvalue weighted by molar-refractivity contribution is 0.0435. The minimum absolute atomic E-state index is 0.000223. The molecule has 0 amide bonds. The molecule has 0 bridgehead atoms. The summed E-state index contributed by atoms with van der Waals surface area (Å²) in [6.45, 7) is -0.000223. The molecule has 0 saturated heterocycles. The molecule has 3 aromatic heterocycles. The molecule has 0 aromatic carbocycles. The van der Waals surface area contributed by atoms with Crippen molar-refractivity contribution in [3.8, 4) is 10.7 Å². The van der Waals surface area contributed by atoms with Crippen LogP contribution in [0.3, 0.4) is 0 Å². The Morgan fingerprint density at radius 2 is 2.26 bits per heavy atom. The predicted molar refractivity (Wildman–Crippen MR) is 87.7 cm³/mol. The second kappa shape index (κ2) is 6.25. The first-order valence-corrected chi connectivity index (χ1v) is 9.14. The van der Waals surface area contributed by atoms with Crippen LogP contribution in [0.15, 0.2) is 28.1 Å². The summed E-state index contributed by atoms with van der Waals surface area (Å²) in [5.41, 5.74) is 1.30. The summed E-state index contributed by atoms with van der Waals surface area (Å²) in [7, 11) is 0. The highest BCUT2D eigenvalue weighted by Crippen LogP contribution is 2.30. The van der Waals surface area contributed by atoms with Gasteiger partial charge < -0.3 is 9.26 Å². The molecule has 1 aliphatic rings. The molecule has 118 valence electrons. The molecule has 0 atom stereocenters. The highest BCUT2D eigenvalue weighted by molar-refractivity contribution is 7.14. The number of aromatic nitrogens is 2. The Balaban J connectivity index is 1.41. The molecule has 7 heteroatoms. The molecule has 5 nitrogen and oxygen atoms in total. The summed E-state index contributed by atoms with van der Waals surface area (Å²) in [6, 6.07) is 5.81. The quantitative estimate of drug-likeness (QED) is 0.666. The summed E-state index contributed by atoms with van der Waals surface area (Å²) in [6.07, 6.45) is 4.54. The first-order chi connectivity index (χ1) is 11.3. The fourth-order valence-electron chi connectivity index (χ4n) is 2.61. The van der Waals surface area contributed by atoms with E-state index in [9.17, 15) is 4.79 Å². The van der Waals surface area contributed by atoms with Gasteiger partial charge in [0.2, 0.25) is 5.82 Å². The highest BCUT2D eigenvalue weighted by Gasteiger charge is 2.19. The zero-order chi connectivity index (χ0) is 15.6. The molecule has 23 heavy (non-hydrogen) atoms. The molecule has 3 heterocycles. The summed E-state index contributed by atoms with van der Waals surface area (Å²) in [5, 5.41) is 5.85. The fourth-order valence-corrected chi connectivity index (χ4v) is 4.41. The molecule has 0 radical (unpaired) electrons. The lowest BCUT2D eigenvalue weighted by Gasteiger charge is -2.08. The number of aryl methyl sites for hydroxylation is 2. The predicted octanol–water partition coefficient (Wildman–Crippen LogP) is 4.10. The van der Waals surface area contributed by atoms with Gasteiger partial charge in [-0.05, 0) is 48.8 Å². The maximum Gasteiger partial charge on any atom is 0.348 e. The topological polar surface area (TPSA) is 65.2 Å². The Bertz CT molecular complexity index is 797. The Morgan fingerprint density at radius 1 is 1.35 bits per heavy atom. The van der Waals surface area contributed by atoms with Crippen molar-refractivity contribution in [1.29, 1.82) is 0 Å². The Labute approximate surface area is 140 Å². The van der Waals surface area contributed by atoms with E-state index in [4.69, 9.17) is 9.26 Å². The molecule has 0 unspecified atom stereocenters. The fraction of sp³-hybridized carbons (Fsp3) is 0.312. The molecule has 0 N–H and O–H groups in total. The first kappa shape index (κ1) is 14.6. The van der Waals surface area contributed by atoms with Gasteiger partial charge >= 0.3 is 5.97 Å². The van der Waals surface area contributed by atoms with E-state index >= 15 is 0 Å². The van der Waals surface area contributed by atoms with E-state index in [1.165, 1.54) is 34.6 Å². The molecule has 0 aliphatic heterocycles. The van der Waals surface area contributed by atoms with Gasteiger partial charge in [-0.25, -0.2) is 4.79 Å². The Morgan fingerprint density at radius 3 is 3.09 bits per heavy atom. The van der Waals surface area contributed by atoms with E-state index in [0.717, 1.165) is 17.7 Å². The van der Waals surface area contributed by atoms with Gasteiger partial charge in [-0.1, -0.05) is 11.2 Å². The second-order valence-corrected chi connectivity index (χ2v) is 7.42. The lowest BCUT2D eigenvalue weighted by atomic mass is 9.99. The summed E-state index contributed by atoms with van der Waals surface area (Å²) < 4.78 is 10.4. The van der Waals surface area contributed by atoms with Crippen molar-refractivity contribution in [2.45, 2.75) is 32.3 Å². The SMILES string of the molecule is O=C(OCc1nc(-c2cccs2)no1)c1cc2c(s1)CCCC2. The van der Waals surface area contributed by atoms with Crippen LogP contribution < -0.4 is 0 Å². The van der Waals surface area contributed by atoms with Gasteiger partial charge in [0.05, 0.1) is 4.88 Å². The third-order valence-corrected chi connectivity index (χ3v) is 5.82. The molecular formula is C16H14N2O3S2. The van der Waals surface area contributed by atoms with Crippen LogP contribution in [0.4, 0.5) is 0 Å². The van der Waals surface area contributed by atoms with E-state index in [-0.39, 0.29) is 12.6 Å². The molecule has 1 aliphatic carbocycles. The van der Waals surface area contributed by atoms with Crippen molar-refractivity contribution < 1.29 is 14.1 Å². The van der Waals surface area contributed by atoms with Crippen LogP contribution >= 0.6 is 22.7 Å². The number of rotatable bonds is 4. The van der Waals surface area contributed by atoms with E-state index in [1.807, 2.05) is 23.6 Å². The minimum atomic E-state index is -0.319. The van der Waals surface area contributed by atoms with Crippen molar-refractivity contribution in [2.75, 3.05) is 0 Å². The lowest BCUT2D eigenvalue weighted by Crippen LogP contribution is -2.03. The average Bonchev–Trinajstić information content (AvgIpc) is 3.31. The van der Waals surface area contributed by atoms with E-state index in [1.54, 1.807) is 11.3 Å². The molecule has 0 spiro atoms. The molecule has 0 saturated carbocycles. The van der Waals surface area contributed by atoms with Gasteiger partial charge in [0.25, 0.3) is 5.89 Å². The number of esters is 1. The summed E-state index contributed by atoms with van der Waals surface area (Å²) in [5.74, 6) is 0.515. The van der Waals surface area contributed by atoms with Crippen molar-refractivity contribution in [1.82, 2.24) is 10.1 Å². The van der Waals surface area contributed by atoms with Crippen LogP contribution in [-0.2, 0) is 24.2 Å². The van der Waals surface area contributed by atoms with Crippen LogP contribution in [0.1, 0.15) is 38.8 Å². The van der Waals surface area contributed by atoms with Crippen LogP contribution in [-0.4, -0.2) is 16.1 Å². The maximum atomic E-state index is 12.2. The largest absolute Gasteiger partial charge is 0.451 e. The van der Waals surface area contributed by atoms with E-state index < -0.39 is 0 Å². The normalized spacial score (nSPS) is 13.7. The number of thiophene rings is 2. The first-order valence-electron chi connectivity index (χ1n) is 7.45. The Hall–Kier alpha value is -1.99. The average molecular weight is 346 g/mol. The summed E-state index contributed by atoms with van der Waals surface area (Å²) in [4.78, 5) is 19.3. The van der Waals surface area contributed by atoms with E-state index in [0.29, 0.717) is 16.6 Å². The van der Waals surface area contributed by atoms with Gasteiger partial charge in [-0.3, -0.25) is 0 Å². The molecule has 3 aromatic rings. The number of fused-ring (bicyclic) bond motifs is 1. The Kier molecular flexibility index (Phi) is 3.97. The number of carbonyl (C=O) groups excluding carboxylic acids is 1. The second-order valence-electron chi connectivity index (χ2n) is 5.33. The van der Waals surface area contributed by atoms with Crippen molar-refractivity contribution in [3.63, 3.8) is 0 Å². The summed E-state index contributed by atoms with van der Waals surface area (Å²) >= 11 is 3.08. The number of carbonyl (C=O) groups is 1. The van der Waals surface area contributed by atoms with Gasteiger partial charge in [-0.15, -0.1) is 22.7 Å². The van der Waals surface area contributed by atoms with Gasteiger partial charge in [0.15, 0.2) is 6.61 Å². The number of hydrogen-bond acceptors (Lipinski definition) is 7. The third-order valence-electron chi connectivity index (χ3n) is 3.73. The van der Waals surface area contributed by atoms with Crippen LogP contribution in [0.2, 0.25) is 0 Å². The number of ether oxygens (including phenoxy) is 1. The van der Waals surface area contributed by atoms with E-state index in [2.05, 4.69) is 10.1 Å². The maximum absolute atomic E-state index is 12.2. The molecule has 0 fully saturated rings. The van der Waals surface area contributed by atoms with Gasteiger partial charge in [-0.2, -0.15) is 4.98 Å². The monoisotopic (exact) mass is 346 g/mol. The van der Waals surface area contributed by atoms with Crippen LogP contribution in [0, 0.1) is 0 Å². The van der Waals surface area contributed by atoms with Crippen molar-refractivity contribution in [2.24, 2.45) is 0 Å². The zero-order valence-corrected chi connectivity index (χ0v) is 13.9. The van der Waals surface area contributed by atoms with Crippen molar-refractivity contribution in [3.05, 3.63) is 44.8 Å². The molecular weight excluding hydrogens is 332 g/mol. The third kappa shape index (κ3) is 3.07. The van der Waals surface area contributed by atoms with Gasteiger partial charge in [0, 0.05) is 4.88 Å². The van der Waals surface area contributed by atoms with Crippen molar-refractivity contribution >= 4 is 28.6 Å². The number of nitrogens with zero attached hydrogens (tertiary/aromatic N) is 2. The van der Waals surface area contributed by atoms with Crippen LogP contribution in [0.25, 0.3) is 10.7 Å². The smallest absolute Gasteiger partial charge is 0.348 e. The molecule has 4 rings (SSSR count). The van der Waals surface area contributed by atoms with Crippen LogP contribution in [0.5, 0.6) is 0 Å². The minimum Gasteiger partial charge on any atom is -0.451 e. The standard InChI is InChI=1S/C16H14N2O3S2/c19-16(13-8-10-4-1-2-5-11(10)23-13)20-9-14-17-15(18-21-14)12-6-3-7-22-12/h3,6-8H,1-2,4-5,9H2. The zero-order valence-electron chi connectivity index (χ0n) is 12.3. The van der Waals surface area contributed by atoms with Gasteiger partial charge in [0.1, 0.15) is 4.88 Å².